The summed E-state index contributed by atoms with van der Waals surface area (Å²) in [7, 11) is 0. The van der Waals surface area contributed by atoms with Crippen molar-refractivity contribution in [3.05, 3.63) is 35.7 Å². The van der Waals surface area contributed by atoms with E-state index in [1.807, 2.05) is 43.7 Å². The van der Waals surface area contributed by atoms with E-state index in [9.17, 15) is 0 Å². The Labute approximate surface area is 178 Å². The van der Waals surface area contributed by atoms with Crippen molar-refractivity contribution in [3.8, 4) is 11.5 Å². The highest BCUT2D eigenvalue weighted by Gasteiger charge is 2.07. The lowest BCUT2D eigenvalue weighted by Gasteiger charge is -2.14. The Balaban J connectivity index is 0.00000364. The molecule has 1 aromatic heterocycles. The van der Waals surface area contributed by atoms with Gasteiger partial charge in [0.25, 0.3) is 0 Å². The first-order chi connectivity index (χ1) is 12.5. The number of nitrogens with one attached hydrogen (secondary N) is 1. The predicted molar refractivity (Wildman–Crippen MR) is 121 cm³/mol. The molecule has 3 N–H and O–H groups in total. The number of aliphatic imine (C=N–C) groups is 1. The molecule has 0 spiro atoms. The number of aromatic nitrogens is 2. The van der Waals surface area contributed by atoms with Crippen LogP contribution in [0.3, 0.4) is 0 Å². The van der Waals surface area contributed by atoms with Crippen LogP contribution in [0.5, 0.6) is 11.5 Å². The third-order valence-electron chi connectivity index (χ3n) is 3.74. The van der Waals surface area contributed by atoms with Gasteiger partial charge in [-0.1, -0.05) is 0 Å². The largest absolute Gasteiger partial charge is 0.494 e. The fourth-order valence-electron chi connectivity index (χ4n) is 2.64. The maximum absolute atomic E-state index is 6.03. The molecule has 0 bridgehead atoms. The Morgan fingerprint density at radius 3 is 2.56 bits per heavy atom. The summed E-state index contributed by atoms with van der Waals surface area (Å²) in [5.74, 6) is 1.83. The second kappa shape index (κ2) is 11.7. The van der Waals surface area contributed by atoms with Gasteiger partial charge in [-0.3, -0.25) is 9.67 Å². The van der Waals surface area contributed by atoms with Crippen molar-refractivity contribution < 1.29 is 9.47 Å². The molecule has 0 fully saturated rings. The Hall–Kier alpha value is -1.97. The zero-order valence-corrected chi connectivity index (χ0v) is 18.8. The monoisotopic (exact) mass is 487 g/mol. The summed E-state index contributed by atoms with van der Waals surface area (Å²) in [6.07, 6.45) is 0.863. The van der Waals surface area contributed by atoms with Gasteiger partial charge in [0.2, 0.25) is 0 Å². The van der Waals surface area contributed by atoms with E-state index in [2.05, 4.69) is 28.4 Å². The van der Waals surface area contributed by atoms with Crippen molar-refractivity contribution in [3.63, 3.8) is 0 Å². The summed E-state index contributed by atoms with van der Waals surface area (Å²) in [5.41, 5.74) is 8.97. The van der Waals surface area contributed by atoms with Gasteiger partial charge in [-0.2, -0.15) is 5.10 Å². The molecule has 0 unspecified atom stereocenters. The number of rotatable bonds is 9. The van der Waals surface area contributed by atoms with E-state index in [1.165, 1.54) is 0 Å². The SMILES string of the molecule is CCOc1ccc(OCC)c(NC(N)=NCCCn2nc(C)cc2C)c1.I. The molecule has 8 heteroatoms. The van der Waals surface area contributed by atoms with Crippen LogP contribution in [0.4, 0.5) is 5.69 Å². The van der Waals surface area contributed by atoms with Gasteiger partial charge in [-0.15, -0.1) is 24.0 Å². The lowest BCUT2D eigenvalue weighted by molar-refractivity contribution is 0.332. The zero-order chi connectivity index (χ0) is 18.9. The molecule has 0 atom stereocenters. The van der Waals surface area contributed by atoms with E-state index in [0.717, 1.165) is 41.5 Å². The van der Waals surface area contributed by atoms with Crippen LogP contribution in [0.1, 0.15) is 31.7 Å². The van der Waals surface area contributed by atoms with E-state index < -0.39 is 0 Å². The first-order valence-electron chi connectivity index (χ1n) is 9.01. The lowest BCUT2D eigenvalue weighted by atomic mass is 10.2. The minimum absolute atomic E-state index is 0. The third kappa shape index (κ3) is 7.28. The first-order valence-corrected chi connectivity index (χ1v) is 9.01. The topological polar surface area (TPSA) is 86.7 Å². The zero-order valence-electron chi connectivity index (χ0n) is 16.5. The number of hydrogen-bond acceptors (Lipinski definition) is 4. The molecule has 150 valence electrons. The number of guanidine groups is 1. The first kappa shape index (κ1) is 23.1. The number of halogens is 1. The van der Waals surface area contributed by atoms with Crippen molar-refractivity contribution in [2.75, 3.05) is 25.1 Å². The molecular formula is C19H30IN5O2. The molecule has 0 aliphatic rings. The minimum atomic E-state index is 0. The Bertz CT molecular complexity index is 746. The second-order valence-corrected chi connectivity index (χ2v) is 5.92. The number of nitrogens with zero attached hydrogens (tertiary/aromatic N) is 3. The normalized spacial score (nSPS) is 11.0. The smallest absolute Gasteiger partial charge is 0.193 e. The molecule has 1 aromatic carbocycles. The van der Waals surface area contributed by atoms with Gasteiger partial charge in [-0.25, -0.2) is 0 Å². The molecule has 0 amide bonds. The average molecular weight is 487 g/mol. The summed E-state index contributed by atoms with van der Waals surface area (Å²) in [5, 5.41) is 7.55. The van der Waals surface area contributed by atoms with Crippen molar-refractivity contribution >= 4 is 35.6 Å². The molecule has 2 aromatic rings. The summed E-state index contributed by atoms with van der Waals surface area (Å²) in [6.45, 7) is 10.5. The van der Waals surface area contributed by atoms with Crippen LogP contribution in [0, 0.1) is 13.8 Å². The number of aryl methyl sites for hydroxylation is 3. The average Bonchev–Trinajstić information content (AvgIpc) is 2.92. The third-order valence-corrected chi connectivity index (χ3v) is 3.74. The highest BCUT2D eigenvalue weighted by atomic mass is 127. The standard InChI is InChI=1S/C19H29N5O2.HI/c1-5-25-16-8-9-18(26-6-2)17(13-16)22-19(20)21-10-7-11-24-15(4)12-14(3)23-24;/h8-9,12-13H,5-7,10-11H2,1-4H3,(H3,20,21,22);1H. The number of benzene rings is 1. The molecule has 0 saturated carbocycles. The van der Waals surface area contributed by atoms with Crippen LogP contribution in [0.2, 0.25) is 0 Å². The molecule has 0 radical (unpaired) electrons. The van der Waals surface area contributed by atoms with Crippen molar-refractivity contribution in [1.29, 1.82) is 0 Å². The van der Waals surface area contributed by atoms with Crippen LogP contribution in [0.15, 0.2) is 29.3 Å². The summed E-state index contributed by atoms with van der Waals surface area (Å²) in [4.78, 5) is 4.39. The lowest BCUT2D eigenvalue weighted by Crippen LogP contribution is -2.23. The molecule has 2 rings (SSSR count). The molecule has 7 nitrogen and oxygen atoms in total. The quantitative estimate of drug-likeness (QED) is 0.244. The molecule has 0 saturated heterocycles. The van der Waals surface area contributed by atoms with E-state index in [4.69, 9.17) is 15.2 Å². The second-order valence-electron chi connectivity index (χ2n) is 5.92. The Kier molecular flexibility index (Phi) is 9.98. The van der Waals surface area contributed by atoms with Crippen LogP contribution >= 0.6 is 24.0 Å². The maximum Gasteiger partial charge on any atom is 0.193 e. The van der Waals surface area contributed by atoms with Gasteiger partial charge < -0.3 is 20.5 Å². The highest BCUT2D eigenvalue weighted by molar-refractivity contribution is 14.0. The highest BCUT2D eigenvalue weighted by Crippen LogP contribution is 2.29. The number of anilines is 1. The van der Waals surface area contributed by atoms with Gasteiger partial charge in [0, 0.05) is 24.8 Å². The van der Waals surface area contributed by atoms with Crippen molar-refractivity contribution in [2.45, 2.75) is 40.7 Å². The van der Waals surface area contributed by atoms with E-state index in [-0.39, 0.29) is 24.0 Å². The molecule has 27 heavy (non-hydrogen) atoms. The van der Waals surface area contributed by atoms with Crippen LogP contribution in [0.25, 0.3) is 0 Å². The van der Waals surface area contributed by atoms with Gasteiger partial charge >= 0.3 is 0 Å². The van der Waals surface area contributed by atoms with Gasteiger partial charge in [0.05, 0.1) is 24.6 Å². The van der Waals surface area contributed by atoms with Crippen LogP contribution < -0.4 is 20.5 Å². The number of ether oxygens (including phenoxy) is 2. The summed E-state index contributed by atoms with van der Waals surface area (Å²) >= 11 is 0. The van der Waals surface area contributed by atoms with Gasteiger partial charge in [0.1, 0.15) is 11.5 Å². The summed E-state index contributed by atoms with van der Waals surface area (Å²) < 4.78 is 13.2. The predicted octanol–water partition coefficient (Wildman–Crippen LogP) is 3.73. The van der Waals surface area contributed by atoms with Crippen molar-refractivity contribution in [1.82, 2.24) is 9.78 Å². The summed E-state index contributed by atoms with van der Waals surface area (Å²) in [6, 6.07) is 7.68. The minimum Gasteiger partial charge on any atom is -0.494 e. The number of hydrogen-bond donors (Lipinski definition) is 2. The maximum atomic E-state index is 6.03. The van der Waals surface area contributed by atoms with E-state index in [1.54, 1.807) is 0 Å². The van der Waals surface area contributed by atoms with Crippen LogP contribution in [-0.4, -0.2) is 35.5 Å². The molecule has 1 heterocycles. The fourth-order valence-corrected chi connectivity index (χ4v) is 2.64. The molecule has 0 aliphatic heterocycles. The fraction of sp³-hybridized carbons (Fsp3) is 0.474. The van der Waals surface area contributed by atoms with E-state index in [0.29, 0.717) is 25.7 Å². The number of nitrogens with two attached hydrogens (primary N) is 1. The Morgan fingerprint density at radius 2 is 1.93 bits per heavy atom. The van der Waals surface area contributed by atoms with Crippen LogP contribution in [-0.2, 0) is 6.54 Å². The van der Waals surface area contributed by atoms with Gasteiger partial charge in [-0.05, 0) is 52.3 Å². The van der Waals surface area contributed by atoms with Gasteiger partial charge in [0.15, 0.2) is 5.96 Å². The molecule has 0 aliphatic carbocycles. The molecular weight excluding hydrogens is 457 g/mol. The van der Waals surface area contributed by atoms with E-state index >= 15 is 0 Å². The van der Waals surface area contributed by atoms with Crippen molar-refractivity contribution in [2.24, 2.45) is 10.7 Å². The Morgan fingerprint density at radius 1 is 1.19 bits per heavy atom.